The Bertz CT molecular complexity index is 856. The summed E-state index contributed by atoms with van der Waals surface area (Å²) in [5.74, 6) is 0.421. The molecule has 1 N–H and O–H groups in total. The van der Waals surface area contributed by atoms with Crippen LogP contribution in [0, 0.1) is 5.92 Å². The molecule has 3 nitrogen and oxygen atoms in total. The molecular formula is C22H23BrClNO2S. The number of aliphatic hydroxyl groups excluding tert-OH is 1. The Morgan fingerprint density at radius 2 is 2.11 bits per heavy atom. The van der Waals surface area contributed by atoms with Crippen LogP contribution in [0.15, 0.2) is 62.8 Å². The number of hydrogen-bond acceptors (Lipinski definition) is 3. The molecule has 1 aliphatic heterocycles. The summed E-state index contributed by atoms with van der Waals surface area (Å²) in [5.41, 5.74) is 0.902. The van der Waals surface area contributed by atoms with E-state index in [0.29, 0.717) is 10.9 Å². The number of amides is 1. The second-order valence-corrected chi connectivity index (χ2v) is 9.21. The van der Waals surface area contributed by atoms with Gasteiger partial charge in [0.05, 0.1) is 5.02 Å². The van der Waals surface area contributed by atoms with Crippen LogP contribution in [0.5, 0.6) is 0 Å². The maximum absolute atomic E-state index is 12.5. The third-order valence-electron chi connectivity index (χ3n) is 4.80. The molecule has 3 rings (SSSR count). The van der Waals surface area contributed by atoms with Gasteiger partial charge >= 0.3 is 0 Å². The number of aliphatic hydroxyl groups is 1. The van der Waals surface area contributed by atoms with Crippen LogP contribution in [0.1, 0.15) is 24.8 Å². The van der Waals surface area contributed by atoms with Gasteiger partial charge in [-0.25, -0.2) is 0 Å². The van der Waals surface area contributed by atoms with Crippen LogP contribution in [0.2, 0.25) is 5.02 Å². The Morgan fingerprint density at radius 3 is 2.86 bits per heavy atom. The van der Waals surface area contributed by atoms with Crippen molar-refractivity contribution in [2.45, 2.75) is 29.1 Å². The van der Waals surface area contributed by atoms with Crippen molar-refractivity contribution in [1.82, 2.24) is 4.90 Å². The Balaban J connectivity index is 1.63. The zero-order chi connectivity index (χ0) is 19.9. The molecule has 1 atom stereocenters. The maximum atomic E-state index is 12.5. The van der Waals surface area contributed by atoms with Gasteiger partial charge < -0.3 is 10.0 Å². The van der Waals surface area contributed by atoms with Crippen LogP contribution in [-0.2, 0) is 4.79 Å². The number of carbonyl (C=O) groups is 1. The van der Waals surface area contributed by atoms with Crippen LogP contribution < -0.4 is 0 Å². The van der Waals surface area contributed by atoms with Crippen LogP contribution >= 0.6 is 39.3 Å². The highest BCUT2D eigenvalue weighted by Crippen LogP contribution is 2.37. The molecular weight excluding hydrogens is 458 g/mol. The minimum Gasteiger partial charge on any atom is -0.396 e. The Hall–Kier alpha value is -1.27. The van der Waals surface area contributed by atoms with Crippen LogP contribution in [0.3, 0.4) is 0 Å². The van der Waals surface area contributed by atoms with E-state index in [1.54, 1.807) is 17.8 Å². The van der Waals surface area contributed by atoms with Crippen molar-refractivity contribution in [1.29, 1.82) is 0 Å². The standard InChI is InChI=1S/C22H23BrClNO2S/c23-18-5-1-2-6-20(18)28-21-9-7-16(14-19(21)24)8-10-22(27)25-12-3-4-17(15-25)11-13-26/h1-2,5-10,14,17,26H,3-4,11-13,15H2/b10-8+. The van der Waals surface area contributed by atoms with Crippen molar-refractivity contribution in [3.05, 3.63) is 63.6 Å². The summed E-state index contributed by atoms with van der Waals surface area (Å²) in [4.78, 5) is 16.4. The number of hydrogen-bond donors (Lipinski definition) is 1. The Morgan fingerprint density at radius 1 is 1.29 bits per heavy atom. The van der Waals surface area contributed by atoms with E-state index < -0.39 is 0 Å². The molecule has 1 heterocycles. The second-order valence-electron chi connectivity index (χ2n) is 6.86. The van der Waals surface area contributed by atoms with Crippen LogP contribution in [0.25, 0.3) is 6.08 Å². The van der Waals surface area contributed by atoms with Gasteiger partial charge in [0.2, 0.25) is 5.91 Å². The largest absolute Gasteiger partial charge is 0.396 e. The normalized spacial score (nSPS) is 17.2. The number of rotatable bonds is 6. The average molecular weight is 481 g/mol. The molecule has 28 heavy (non-hydrogen) atoms. The fourth-order valence-electron chi connectivity index (χ4n) is 3.31. The van der Waals surface area contributed by atoms with Gasteiger partial charge in [-0.15, -0.1) is 0 Å². The van der Waals surface area contributed by atoms with Crippen molar-refractivity contribution in [2.75, 3.05) is 19.7 Å². The third-order valence-corrected chi connectivity index (χ3v) is 7.33. The lowest BCUT2D eigenvalue weighted by molar-refractivity contribution is -0.127. The number of halogens is 2. The Kier molecular flexibility index (Phi) is 8.03. The SMILES string of the molecule is O=C(/C=C/c1ccc(Sc2ccccc2Br)c(Cl)c1)N1CCCC(CCO)C1. The van der Waals surface area contributed by atoms with Crippen molar-refractivity contribution < 1.29 is 9.90 Å². The van der Waals surface area contributed by atoms with E-state index >= 15 is 0 Å². The molecule has 1 amide bonds. The maximum Gasteiger partial charge on any atom is 0.246 e. The van der Waals surface area contributed by atoms with Crippen molar-refractivity contribution in [3.8, 4) is 0 Å². The van der Waals surface area contributed by atoms with Gasteiger partial charge in [-0.2, -0.15) is 0 Å². The summed E-state index contributed by atoms with van der Waals surface area (Å²) in [7, 11) is 0. The molecule has 0 saturated carbocycles. The molecule has 0 bridgehead atoms. The lowest BCUT2D eigenvalue weighted by Gasteiger charge is -2.31. The minimum atomic E-state index is 0.0189. The van der Waals surface area contributed by atoms with E-state index in [2.05, 4.69) is 15.9 Å². The lowest BCUT2D eigenvalue weighted by atomic mass is 9.95. The van der Waals surface area contributed by atoms with E-state index in [9.17, 15) is 4.79 Å². The van der Waals surface area contributed by atoms with Gasteiger partial charge in [-0.05, 0) is 77.0 Å². The second kappa shape index (κ2) is 10.5. The predicted molar refractivity (Wildman–Crippen MR) is 120 cm³/mol. The Labute approximate surface area is 183 Å². The minimum absolute atomic E-state index is 0.0189. The fourth-order valence-corrected chi connectivity index (χ4v) is 4.98. The average Bonchev–Trinajstić information content (AvgIpc) is 2.70. The molecule has 0 spiro atoms. The molecule has 6 heteroatoms. The summed E-state index contributed by atoms with van der Waals surface area (Å²) in [6.07, 6.45) is 6.28. The molecule has 0 aliphatic carbocycles. The molecule has 2 aromatic rings. The molecule has 2 aromatic carbocycles. The zero-order valence-electron chi connectivity index (χ0n) is 15.5. The lowest BCUT2D eigenvalue weighted by Crippen LogP contribution is -2.39. The molecule has 148 valence electrons. The molecule has 1 aliphatic rings. The summed E-state index contributed by atoms with van der Waals surface area (Å²) in [5, 5.41) is 9.78. The van der Waals surface area contributed by atoms with Crippen LogP contribution in [-0.4, -0.2) is 35.6 Å². The first-order valence-electron chi connectivity index (χ1n) is 9.36. The smallest absolute Gasteiger partial charge is 0.246 e. The molecule has 0 aromatic heterocycles. The predicted octanol–water partition coefficient (Wildman–Crippen LogP) is 5.89. The van der Waals surface area contributed by atoms with Crippen LogP contribution in [0.4, 0.5) is 0 Å². The van der Waals surface area contributed by atoms with E-state index in [4.69, 9.17) is 16.7 Å². The first-order chi connectivity index (χ1) is 13.6. The van der Waals surface area contributed by atoms with Crippen molar-refractivity contribution >= 4 is 51.3 Å². The van der Waals surface area contributed by atoms with E-state index in [-0.39, 0.29) is 12.5 Å². The van der Waals surface area contributed by atoms with Crippen molar-refractivity contribution in [2.24, 2.45) is 5.92 Å². The quantitative estimate of drug-likeness (QED) is 0.524. The number of benzene rings is 2. The number of likely N-dealkylation sites (tertiary alicyclic amines) is 1. The highest BCUT2D eigenvalue weighted by atomic mass is 79.9. The van der Waals surface area contributed by atoms with Gasteiger partial charge in [0.25, 0.3) is 0 Å². The summed E-state index contributed by atoms with van der Waals surface area (Å²) >= 11 is 11.6. The zero-order valence-corrected chi connectivity index (χ0v) is 18.6. The number of piperidine rings is 1. The van der Waals surface area contributed by atoms with E-state index in [1.807, 2.05) is 53.4 Å². The van der Waals surface area contributed by atoms with E-state index in [0.717, 1.165) is 52.2 Å². The molecule has 0 radical (unpaired) electrons. The number of carbonyl (C=O) groups excluding carboxylic acids is 1. The van der Waals surface area contributed by atoms with Gasteiger partial charge in [0.1, 0.15) is 0 Å². The molecule has 1 saturated heterocycles. The fraction of sp³-hybridized carbons (Fsp3) is 0.318. The first-order valence-corrected chi connectivity index (χ1v) is 11.4. The summed E-state index contributed by atoms with van der Waals surface area (Å²) < 4.78 is 1.03. The van der Waals surface area contributed by atoms with Gasteiger partial charge in [-0.1, -0.05) is 41.6 Å². The summed E-state index contributed by atoms with van der Waals surface area (Å²) in [6.45, 7) is 1.70. The highest BCUT2D eigenvalue weighted by molar-refractivity contribution is 9.10. The number of nitrogens with zero attached hydrogens (tertiary/aromatic N) is 1. The van der Waals surface area contributed by atoms with Gasteiger partial charge in [0.15, 0.2) is 0 Å². The molecule has 1 fully saturated rings. The van der Waals surface area contributed by atoms with Gasteiger partial charge in [-0.3, -0.25) is 4.79 Å². The van der Waals surface area contributed by atoms with E-state index in [1.165, 1.54) is 0 Å². The topological polar surface area (TPSA) is 40.5 Å². The summed E-state index contributed by atoms with van der Waals surface area (Å²) in [6, 6.07) is 13.9. The van der Waals surface area contributed by atoms with Gasteiger partial charge in [0, 0.05) is 40.0 Å². The molecule has 1 unspecified atom stereocenters. The highest BCUT2D eigenvalue weighted by Gasteiger charge is 2.21. The van der Waals surface area contributed by atoms with Crippen molar-refractivity contribution in [3.63, 3.8) is 0 Å². The third kappa shape index (κ3) is 5.86. The monoisotopic (exact) mass is 479 g/mol. The first kappa shape index (κ1) is 21.4.